The number of methoxy groups -OCH3 is 1. The lowest BCUT2D eigenvalue weighted by Gasteiger charge is -2.25. The zero-order chi connectivity index (χ0) is 26.5. The summed E-state index contributed by atoms with van der Waals surface area (Å²) in [6.07, 6.45) is 0. The fourth-order valence-electron chi connectivity index (χ4n) is 4.26. The Kier molecular flexibility index (Phi) is 7.64. The number of hydrogen-bond donors (Lipinski definition) is 1. The summed E-state index contributed by atoms with van der Waals surface area (Å²) in [4.78, 5) is 37.7. The van der Waals surface area contributed by atoms with Gasteiger partial charge in [-0.1, -0.05) is 29.8 Å². The molecule has 0 radical (unpaired) electrons. The van der Waals surface area contributed by atoms with Gasteiger partial charge in [0.05, 0.1) is 23.1 Å². The zero-order valence-electron chi connectivity index (χ0n) is 20.4. The zero-order valence-corrected chi connectivity index (χ0v) is 20.4. The molecule has 1 atom stereocenters. The number of aliphatic hydroxyl groups is 1. The van der Waals surface area contributed by atoms with Crippen molar-refractivity contribution in [2.45, 2.75) is 19.6 Å². The molecule has 9 heteroatoms. The molecule has 1 amide bonds. The Morgan fingerprint density at radius 3 is 2.38 bits per heavy atom. The summed E-state index contributed by atoms with van der Waals surface area (Å²) in [6.45, 7) is 2.65. The van der Waals surface area contributed by atoms with E-state index < -0.39 is 22.7 Å². The lowest BCUT2D eigenvalue weighted by atomic mass is 9.95. The second kappa shape index (κ2) is 11.0. The van der Waals surface area contributed by atoms with Crippen LogP contribution in [0, 0.1) is 17.0 Å². The molecule has 0 bridgehead atoms. The van der Waals surface area contributed by atoms with Crippen molar-refractivity contribution in [2.75, 3.05) is 20.3 Å². The maximum Gasteiger partial charge on any atom is 0.295 e. The number of hydrogen-bond acceptors (Lipinski definition) is 7. The highest BCUT2D eigenvalue weighted by Gasteiger charge is 2.45. The third kappa shape index (κ3) is 5.52. The molecular weight excluding hydrogens is 476 g/mol. The maximum atomic E-state index is 13.0. The van der Waals surface area contributed by atoms with Crippen LogP contribution < -0.4 is 4.74 Å². The molecule has 1 heterocycles. The van der Waals surface area contributed by atoms with E-state index in [9.17, 15) is 24.8 Å². The topological polar surface area (TPSA) is 119 Å². The molecule has 0 saturated carbocycles. The van der Waals surface area contributed by atoms with Crippen LogP contribution in [0.5, 0.6) is 5.75 Å². The molecule has 0 aromatic heterocycles. The smallest absolute Gasteiger partial charge is 0.295 e. The summed E-state index contributed by atoms with van der Waals surface area (Å²) in [5, 5.41) is 22.2. The Bertz CT molecular complexity index is 1350. The van der Waals surface area contributed by atoms with E-state index in [0.29, 0.717) is 23.5 Å². The first-order valence-corrected chi connectivity index (χ1v) is 11.6. The first-order valence-electron chi connectivity index (χ1n) is 11.6. The van der Waals surface area contributed by atoms with Crippen LogP contribution in [0.1, 0.15) is 28.3 Å². The van der Waals surface area contributed by atoms with Gasteiger partial charge >= 0.3 is 0 Å². The summed E-state index contributed by atoms with van der Waals surface area (Å²) in [5.74, 6) is -1.38. The average molecular weight is 503 g/mol. The van der Waals surface area contributed by atoms with E-state index in [1.54, 1.807) is 24.3 Å². The van der Waals surface area contributed by atoms with Crippen molar-refractivity contribution in [3.8, 4) is 5.75 Å². The van der Waals surface area contributed by atoms with Crippen LogP contribution in [-0.4, -0.2) is 46.9 Å². The minimum Gasteiger partial charge on any atom is -0.507 e. The van der Waals surface area contributed by atoms with Crippen molar-refractivity contribution in [2.24, 2.45) is 0 Å². The van der Waals surface area contributed by atoms with Gasteiger partial charge in [0.1, 0.15) is 18.1 Å². The number of nitro benzene ring substituents is 1. The highest BCUT2D eigenvalue weighted by molar-refractivity contribution is 6.46. The van der Waals surface area contributed by atoms with Crippen molar-refractivity contribution in [3.63, 3.8) is 0 Å². The van der Waals surface area contributed by atoms with Crippen molar-refractivity contribution in [3.05, 3.63) is 111 Å². The number of carbonyl (C=O) groups excluding carboxylic acids is 2. The van der Waals surface area contributed by atoms with Crippen LogP contribution in [-0.2, 0) is 20.9 Å². The van der Waals surface area contributed by atoms with Crippen LogP contribution >= 0.6 is 0 Å². The molecule has 9 nitrogen and oxygen atoms in total. The molecule has 3 aromatic rings. The number of nitro groups is 1. The lowest BCUT2D eigenvalue weighted by Crippen LogP contribution is -2.32. The quantitative estimate of drug-likeness (QED) is 0.150. The van der Waals surface area contributed by atoms with Crippen LogP contribution in [0.4, 0.5) is 5.69 Å². The van der Waals surface area contributed by atoms with Gasteiger partial charge in [-0.2, -0.15) is 0 Å². The number of nitrogens with zero attached hydrogens (tertiary/aromatic N) is 2. The van der Waals surface area contributed by atoms with E-state index in [4.69, 9.17) is 9.47 Å². The van der Waals surface area contributed by atoms with Crippen molar-refractivity contribution in [1.82, 2.24) is 4.90 Å². The monoisotopic (exact) mass is 502 g/mol. The molecule has 1 fully saturated rings. The van der Waals surface area contributed by atoms with Crippen molar-refractivity contribution < 1.29 is 29.1 Å². The number of benzene rings is 3. The number of aryl methyl sites for hydroxylation is 1. The van der Waals surface area contributed by atoms with Gasteiger partial charge in [-0.3, -0.25) is 19.7 Å². The van der Waals surface area contributed by atoms with Gasteiger partial charge in [-0.15, -0.1) is 0 Å². The minimum absolute atomic E-state index is 0.0941. The largest absolute Gasteiger partial charge is 0.507 e. The van der Waals surface area contributed by atoms with Crippen molar-refractivity contribution in [1.29, 1.82) is 0 Å². The van der Waals surface area contributed by atoms with Crippen molar-refractivity contribution >= 4 is 23.1 Å². The second-order valence-electron chi connectivity index (χ2n) is 8.64. The summed E-state index contributed by atoms with van der Waals surface area (Å²) >= 11 is 0. The molecular formula is C28H26N2O7. The van der Waals surface area contributed by atoms with Gasteiger partial charge in [0, 0.05) is 31.4 Å². The predicted molar refractivity (Wildman–Crippen MR) is 136 cm³/mol. The van der Waals surface area contributed by atoms with Crippen LogP contribution in [0.3, 0.4) is 0 Å². The number of aliphatic hydroxyl groups excluding tert-OH is 1. The molecule has 0 unspecified atom stereocenters. The summed E-state index contributed by atoms with van der Waals surface area (Å²) in [7, 11) is 1.47. The Morgan fingerprint density at radius 1 is 1.05 bits per heavy atom. The van der Waals surface area contributed by atoms with E-state index in [2.05, 4.69) is 0 Å². The van der Waals surface area contributed by atoms with Gasteiger partial charge in [-0.25, -0.2) is 0 Å². The molecule has 3 aromatic carbocycles. The summed E-state index contributed by atoms with van der Waals surface area (Å²) in [5.41, 5.74) is 2.72. The molecule has 37 heavy (non-hydrogen) atoms. The second-order valence-corrected chi connectivity index (χ2v) is 8.64. The highest BCUT2D eigenvalue weighted by Crippen LogP contribution is 2.39. The van der Waals surface area contributed by atoms with E-state index in [-0.39, 0.29) is 30.2 Å². The van der Waals surface area contributed by atoms with Gasteiger partial charge < -0.3 is 19.5 Å². The Balaban J connectivity index is 1.65. The number of carbonyl (C=O) groups is 2. The minimum atomic E-state index is -0.923. The van der Waals surface area contributed by atoms with Crippen LogP contribution in [0.2, 0.25) is 0 Å². The molecule has 1 aliphatic heterocycles. The van der Waals surface area contributed by atoms with Gasteiger partial charge in [-0.05, 0) is 54.4 Å². The van der Waals surface area contributed by atoms with E-state index in [0.717, 1.165) is 11.1 Å². The number of amides is 1. The average Bonchev–Trinajstić information content (AvgIpc) is 3.15. The maximum absolute atomic E-state index is 13.0. The number of ketones is 1. The molecule has 1 saturated heterocycles. The Morgan fingerprint density at radius 2 is 1.76 bits per heavy atom. The number of non-ortho nitro benzene ring substituents is 1. The van der Waals surface area contributed by atoms with E-state index >= 15 is 0 Å². The first-order chi connectivity index (χ1) is 17.8. The van der Waals surface area contributed by atoms with Gasteiger partial charge in [0.15, 0.2) is 0 Å². The standard InChI is InChI=1S/C28H26N2O7/c1-18-4-3-5-19(16-18)17-37-23-12-8-21(9-13-23)26(31)24-25(20-6-10-22(11-7-20)30(34)35)29(14-15-36-2)28(33)27(24)32/h3-13,16,25,31H,14-15,17H2,1-2H3/b26-24+/t25-/m1/s1. The third-order valence-corrected chi connectivity index (χ3v) is 6.11. The summed E-state index contributed by atoms with van der Waals surface area (Å²) < 4.78 is 10.9. The summed E-state index contributed by atoms with van der Waals surface area (Å²) in [6, 6.07) is 19.1. The fourth-order valence-corrected chi connectivity index (χ4v) is 4.26. The fraction of sp³-hybridized carbons (Fsp3) is 0.214. The number of ether oxygens (including phenoxy) is 2. The molecule has 4 rings (SSSR count). The van der Waals surface area contributed by atoms with Gasteiger partial charge in [0.2, 0.25) is 0 Å². The highest BCUT2D eigenvalue weighted by atomic mass is 16.6. The number of rotatable bonds is 9. The Hall–Kier alpha value is -4.50. The normalized spacial score (nSPS) is 16.7. The molecule has 1 aliphatic rings. The number of likely N-dealkylation sites (tertiary alicyclic amines) is 1. The van der Waals surface area contributed by atoms with E-state index in [1.807, 2.05) is 31.2 Å². The molecule has 0 spiro atoms. The van der Waals surface area contributed by atoms with E-state index in [1.165, 1.54) is 36.3 Å². The predicted octanol–water partition coefficient (Wildman–Crippen LogP) is 4.55. The van der Waals surface area contributed by atoms with Crippen LogP contribution in [0.25, 0.3) is 5.76 Å². The first kappa shape index (κ1) is 25.6. The number of Topliss-reactive ketones (excluding diaryl/α,β-unsaturated/α-hetero) is 1. The third-order valence-electron chi connectivity index (χ3n) is 6.11. The molecule has 1 N–H and O–H groups in total. The Labute approximate surface area is 213 Å². The lowest BCUT2D eigenvalue weighted by molar-refractivity contribution is -0.384. The molecule has 0 aliphatic carbocycles. The van der Waals surface area contributed by atoms with Gasteiger partial charge in [0.25, 0.3) is 17.4 Å². The molecule has 190 valence electrons. The van der Waals surface area contributed by atoms with Crippen LogP contribution in [0.15, 0.2) is 78.4 Å². The SMILES string of the molecule is COCCN1C(=O)C(=O)/C(=C(/O)c2ccc(OCc3cccc(C)c3)cc2)[C@H]1c1ccc([N+](=O)[O-])cc1.